The third-order valence-corrected chi connectivity index (χ3v) is 2.68. The number of rotatable bonds is 9. The van der Waals surface area contributed by atoms with Crippen LogP contribution in [0, 0.1) is 19.3 Å². The molecule has 0 rings (SSSR count). The van der Waals surface area contributed by atoms with E-state index in [1.54, 1.807) is 0 Å². The van der Waals surface area contributed by atoms with E-state index in [0.717, 1.165) is 5.92 Å². The zero-order valence-corrected chi connectivity index (χ0v) is 15.6. The monoisotopic (exact) mass is 315 g/mol. The standard InChI is InChI=1S/C13H27.C3H7.Y/c1-4-6-8-9-10-12-13(3)11-7-5-2;1-3-2;/h13H,3-12H2,1-2H3;3H,1-2H3;/q2*-1;. The summed E-state index contributed by atoms with van der Waals surface area (Å²) in [6.45, 7) is 12.7. The van der Waals surface area contributed by atoms with E-state index in [1.807, 2.05) is 20.3 Å². The van der Waals surface area contributed by atoms with E-state index in [1.165, 1.54) is 57.8 Å². The predicted octanol–water partition coefficient (Wildman–Crippen LogP) is 6.22. The molecular formula is C16H34Y-2. The molecule has 0 aromatic heterocycles. The zero-order chi connectivity index (χ0) is 12.6. The van der Waals surface area contributed by atoms with Gasteiger partial charge in [0.25, 0.3) is 0 Å². The Hall–Kier alpha value is 1.10. The van der Waals surface area contributed by atoms with Crippen molar-refractivity contribution in [2.75, 3.05) is 0 Å². The fourth-order valence-corrected chi connectivity index (χ4v) is 1.67. The smallest absolute Gasteiger partial charge is 0 e. The van der Waals surface area contributed by atoms with Gasteiger partial charge in [0.2, 0.25) is 0 Å². The first kappa shape index (κ1) is 23.2. The second kappa shape index (κ2) is 22.3. The van der Waals surface area contributed by atoms with Crippen LogP contribution in [-0.4, -0.2) is 0 Å². The van der Waals surface area contributed by atoms with E-state index in [4.69, 9.17) is 0 Å². The van der Waals surface area contributed by atoms with Crippen molar-refractivity contribution in [2.45, 2.75) is 85.5 Å². The third-order valence-electron chi connectivity index (χ3n) is 2.68. The van der Waals surface area contributed by atoms with Gasteiger partial charge in [-0.05, 0) is 0 Å². The van der Waals surface area contributed by atoms with Gasteiger partial charge in [-0.3, -0.25) is 0 Å². The van der Waals surface area contributed by atoms with Gasteiger partial charge in [0.05, 0.1) is 0 Å². The minimum Gasteiger partial charge on any atom is -0.340 e. The van der Waals surface area contributed by atoms with Crippen LogP contribution in [0.1, 0.15) is 85.5 Å². The van der Waals surface area contributed by atoms with Crippen molar-refractivity contribution in [3.8, 4) is 0 Å². The summed E-state index contributed by atoms with van der Waals surface area (Å²) >= 11 is 0. The van der Waals surface area contributed by atoms with Crippen LogP contribution in [0.3, 0.4) is 0 Å². The molecule has 0 aromatic rings. The normalized spacial score (nSPS) is 11.1. The average molecular weight is 315 g/mol. The summed E-state index contributed by atoms with van der Waals surface area (Å²) in [5.74, 6) is 0.724. The van der Waals surface area contributed by atoms with Crippen LogP contribution in [-0.2, 0) is 32.7 Å². The van der Waals surface area contributed by atoms with E-state index >= 15 is 0 Å². The molecule has 0 nitrogen and oxygen atoms in total. The molecule has 0 heterocycles. The Balaban J connectivity index is -0.000000440. The van der Waals surface area contributed by atoms with Gasteiger partial charge in [0.1, 0.15) is 0 Å². The molecular weight excluding hydrogens is 281 g/mol. The first-order valence-corrected chi connectivity index (χ1v) is 7.29. The summed E-state index contributed by atoms with van der Waals surface area (Å²) in [5.41, 5.74) is 0. The number of unbranched alkanes of at least 4 members (excludes halogenated alkanes) is 5. The predicted molar refractivity (Wildman–Crippen MR) is 77.4 cm³/mol. The largest absolute Gasteiger partial charge is 0.340 e. The van der Waals surface area contributed by atoms with Crippen molar-refractivity contribution in [3.05, 3.63) is 13.3 Å². The van der Waals surface area contributed by atoms with Gasteiger partial charge in [-0.2, -0.15) is 19.8 Å². The Morgan fingerprint density at radius 2 is 1.24 bits per heavy atom. The van der Waals surface area contributed by atoms with E-state index in [2.05, 4.69) is 20.8 Å². The SMILES string of the molecule is C[CH-]C.[CH2-]C(CCCC)CCCCCCC.[Y]. The molecule has 0 spiro atoms. The molecule has 1 unspecified atom stereocenters. The molecule has 17 heavy (non-hydrogen) atoms. The van der Waals surface area contributed by atoms with Gasteiger partial charge in [0, 0.05) is 32.7 Å². The molecule has 0 bridgehead atoms. The van der Waals surface area contributed by atoms with Crippen molar-refractivity contribution in [1.29, 1.82) is 0 Å². The van der Waals surface area contributed by atoms with Gasteiger partial charge in [-0.1, -0.05) is 71.6 Å². The number of hydrogen-bond donors (Lipinski definition) is 0. The Morgan fingerprint density at radius 1 is 0.824 bits per heavy atom. The van der Waals surface area contributed by atoms with Gasteiger partial charge in [0.15, 0.2) is 0 Å². The molecule has 0 N–H and O–H groups in total. The molecule has 0 saturated heterocycles. The molecule has 0 aromatic carbocycles. The van der Waals surface area contributed by atoms with Crippen molar-refractivity contribution in [3.63, 3.8) is 0 Å². The summed E-state index contributed by atoms with van der Waals surface area (Å²) in [5, 5.41) is 0. The first-order chi connectivity index (χ1) is 7.72. The van der Waals surface area contributed by atoms with E-state index < -0.39 is 0 Å². The van der Waals surface area contributed by atoms with Crippen LogP contribution in [0.25, 0.3) is 0 Å². The van der Waals surface area contributed by atoms with Gasteiger partial charge in [-0.15, -0.1) is 0 Å². The summed E-state index contributed by atoms with van der Waals surface area (Å²) in [6, 6.07) is 0. The molecule has 103 valence electrons. The van der Waals surface area contributed by atoms with Crippen LogP contribution >= 0.6 is 0 Å². The fraction of sp³-hybridized carbons (Fsp3) is 0.875. The molecule has 0 fully saturated rings. The quantitative estimate of drug-likeness (QED) is 0.350. The summed E-state index contributed by atoms with van der Waals surface area (Å²) < 4.78 is 0. The molecule has 0 saturated carbocycles. The Labute approximate surface area is 137 Å². The Bertz CT molecular complexity index is 102. The maximum atomic E-state index is 4.19. The van der Waals surface area contributed by atoms with Crippen LogP contribution in [0.4, 0.5) is 0 Å². The van der Waals surface area contributed by atoms with E-state index in [-0.39, 0.29) is 32.7 Å². The fourth-order valence-electron chi connectivity index (χ4n) is 1.67. The van der Waals surface area contributed by atoms with E-state index in [9.17, 15) is 0 Å². The maximum absolute atomic E-state index is 4.19. The average Bonchev–Trinajstić information content (AvgIpc) is 2.27. The zero-order valence-electron chi connectivity index (χ0n) is 12.8. The molecule has 1 heteroatoms. The molecule has 0 aliphatic rings. The van der Waals surface area contributed by atoms with Crippen LogP contribution in [0.15, 0.2) is 0 Å². The minimum absolute atomic E-state index is 0. The molecule has 1 atom stereocenters. The van der Waals surface area contributed by atoms with Gasteiger partial charge < -0.3 is 13.3 Å². The summed E-state index contributed by atoms with van der Waals surface area (Å²) in [7, 11) is 0. The van der Waals surface area contributed by atoms with E-state index in [0.29, 0.717) is 0 Å². The maximum Gasteiger partial charge on any atom is 0 e. The summed E-state index contributed by atoms with van der Waals surface area (Å²) in [6.07, 6.45) is 14.4. The second-order valence-electron chi connectivity index (χ2n) is 4.79. The van der Waals surface area contributed by atoms with Crippen LogP contribution < -0.4 is 0 Å². The molecule has 1 radical (unpaired) electrons. The first-order valence-electron chi connectivity index (χ1n) is 7.29. The Kier molecular flexibility index (Phi) is 30.5. The number of hydrogen-bond acceptors (Lipinski definition) is 0. The topological polar surface area (TPSA) is 0 Å². The van der Waals surface area contributed by atoms with Crippen molar-refractivity contribution in [2.24, 2.45) is 5.92 Å². The molecule has 0 amide bonds. The molecule has 0 aliphatic carbocycles. The van der Waals surface area contributed by atoms with Gasteiger partial charge in [-0.25, -0.2) is 0 Å². The van der Waals surface area contributed by atoms with Crippen molar-refractivity contribution >= 4 is 0 Å². The van der Waals surface area contributed by atoms with Gasteiger partial charge >= 0.3 is 0 Å². The van der Waals surface area contributed by atoms with Crippen LogP contribution in [0.2, 0.25) is 0 Å². The summed E-state index contributed by atoms with van der Waals surface area (Å²) in [4.78, 5) is 0. The Morgan fingerprint density at radius 3 is 1.71 bits per heavy atom. The molecule has 0 aliphatic heterocycles. The van der Waals surface area contributed by atoms with Crippen LogP contribution in [0.5, 0.6) is 0 Å². The minimum atomic E-state index is 0. The third kappa shape index (κ3) is 26.6. The van der Waals surface area contributed by atoms with Crippen molar-refractivity contribution < 1.29 is 32.7 Å². The second-order valence-corrected chi connectivity index (χ2v) is 4.79. The van der Waals surface area contributed by atoms with Crippen molar-refractivity contribution in [1.82, 2.24) is 0 Å².